The van der Waals surface area contributed by atoms with Crippen molar-refractivity contribution in [2.45, 2.75) is 33.9 Å². The molecule has 0 spiro atoms. The van der Waals surface area contributed by atoms with Gasteiger partial charge in [-0.3, -0.25) is 13.9 Å². The van der Waals surface area contributed by atoms with E-state index in [1.54, 1.807) is 19.2 Å². The number of benzene rings is 2. The first-order valence-corrected chi connectivity index (χ1v) is 11.4. The third-order valence-corrected chi connectivity index (χ3v) is 6.43. The molecule has 8 heteroatoms. The molecule has 33 heavy (non-hydrogen) atoms. The molecule has 0 saturated heterocycles. The van der Waals surface area contributed by atoms with Gasteiger partial charge in [0.1, 0.15) is 0 Å². The van der Waals surface area contributed by atoms with Crippen LogP contribution in [-0.2, 0) is 20.1 Å². The monoisotopic (exact) mass is 463 g/mol. The minimum Gasteiger partial charge on any atom is -0.312 e. The number of halogens is 1. The Kier molecular flexibility index (Phi) is 5.16. The predicted molar refractivity (Wildman–Crippen MR) is 132 cm³/mol. The van der Waals surface area contributed by atoms with Crippen LogP contribution < -0.4 is 16.1 Å². The molecular weight excluding hydrogens is 438 g/mol. The lowest BCUT2D eigenvalue weighted by molar-refractivity contribution is 0.458. The maximum atomic E-state index is 13.6. The molecule has 3 heterocycles. The molecule has 0 aliphatic carbocycles. The number of imidazole rings is 1. The lowest BCUT2D eigenvalue weighted by Crippen LogP contribution is -2.40. The van der Waals surface area contributed by atoms with Gasteiger partial charge in [-0.15, -0.1) is 0 Å². The van der Waals surface area contributed by atoms with Crippen molar-refractivity contribution in [2.24, 2.45) is 13.0 Å². The number of anilines is 2. The second-order valence-corrected chi connectivity index (χ2v) is 9.56. The van der Waals surface area contributed by atoms with E-state index in [-0.39, 0.29) is 12.1 Å². The van der Waals surface area contributed by atoms with E-state index >= 15 is 0 Å². The Morgan fingerprint density at radius 3 is 2.48 bits per heavy atom. The summed E-state index contributed by atoms with van der Waals surface area (Å²) in [5, 5.41) is 0.568. The first-order valence-electron chi connectivity index (χ1n) is 11.0. The lowest BCUT2D eigenvalue weighted by atomic mass is 10.1. The van der Waals surface area contributed by atoms with Crippen molar-refractivity contribution >= 4 is 34.4 Å². The summed E-state index contributed by atoms with van der Waals surface area (Å²) in [6.45, 7) is 7.92. The van der Waals surface area contributed by atoms with Gasteiger partial charge in [-0.2, -0.15) is 4.98 Å². The Bertz CT molecular complexity index is 1490. The van der Waals surface area contributed by atoms with Crippen molar-refractivity contribution in [3.05, 3.63) is 85.0 Å². The molecule has 0 amide bonds. The normalized spacial score (nSPS) is 15.8. The molecule has 2 aromatic carbocycles. The number of aryl methyl sites for hydroxylation is 3. The summed E-state index contributed by atoms with van der Waals surface area (Å²) >= 11 is 6.12. The third kappa shape index (κ3) is 3.66. The first-order chi connectivity index (χ1) is 15.7. The van der Waals surface area contributed by atoms with Crippen LogP contribution in [0.3, 0.4) is 0 Å². The van der Waals surface area contributed by atoms with E-state index in [0.29, 0.717) is 34.6 Å². The average molecular weight is 464 g/mol. The number of aromatic nitrogens is 4. The number of fused-ring (bicyclic) bond motifs is 3. The smallest absolute Gasteiger partial charge is 0.312 e. The van der Waals surface area contributed by atoms with Gasteiger partial charge in [0.15, 0.2) is 11.2 Å². The van der Waals surface area contributed by atoms with Gasteiger partial charge in [-0.1, -0.05) is 36.7 Å². The molecule has 0 N–H and O–H groups in total. The summed E-state index contributed by atoms with van der Waals surface area (Å²) < 4.78 is 4.71. The van der Waals surface area contributed by atoms with Crippen LogP contribution in [0.1, 0.15) is 23.6 Å². The van der Waals surface area contributed by atoms with Gasteiger partial charge < -0.3 is 9.47 Å². The van der Waals surface area contributed by atoms with Gasteiger partial charge in [-0.25, -0.2) is 4.79 Å². The van der Waals surface area contributed by atoms with Gasteiger partial charge >= 0.3 is 5.69 Å². The highest BCUT2D eigenvalue weighted by molar-refractivity contribution is 6.30. The van der Waals surface area contributed by atoms with Crippen molar-refractivity contribution in [1.82, 2.24) is 18.7 Å². The van der Waals surface area contributed by atoms with Crippen molar-refractivity contribution in [3.8, 4) is 0 Å². The van der Waals surface area contributed by atoms with E-state index in [9.17, 15) is 9.59 Å². The minimum absolute atomic E-state index is 0.152. The summed E-state index contributed by atoms with van der Waals surface area (Å²) in [4.78, 5) is 33.7. The number of rotatable bonds is 3. The summed E-state index contributed by atoms with van der Waals surface area (Å²) in [6, 6.07) is 13.6. The quantitative estimate of drug-likeness (QED) is 0.460. The van der Waals surface area contributed by atoms with Crippen LogP contribution in [0.25, 0.3) is 11.2 Å². The molecule has 1 atom stereocenters. The third-order valence-electron chi connectivity index (χ3n) is 6.19. The molecule has 4 aromatic rings. The van der Waals surface area contributed by atoms with Crippen LogP contribution in [-0.4, -0.2) is 25.2 Å². The van der Waals surface area contributed by atoms with Crippen molar-refractivity contribution in [1.29, 1.82) is 0 Å². The number of hydrogen-bond donors (Lipinski definition) is 0. The van der Waals surface area contributed by atoms with Crippen LogP contribution in [0.5, 0.6) is 0 Å². The summed E-state index contributed by atoms with van der Waals surface area (Å²) in [6.07, 6.45) is 0. The van der Waals surface area contributed by atoms with E-state index in [2.05, 4.69) is 43.9 Å². The Hall–Kier alpha value is -3.32. The second kappa shape index (κ2) is 7.92. The largest absolute Gasteiger partial charge is 0.332 e. The zero-order chi connectivity index (χ0) is 23.4. The van der Waals surface area contributed by atoms with Crippen LogP contribution in [0, 0.1) is 19.8 Å². The molecule has 2 aromatic heterocycles. The number of hydrogen-bond acceptors (Lipinski definition) is 4. The van der Waals surface area contributed by atoms with Gasteiger partial charge in [-0.05, 0) is 60.7 Å². The lowest BCUT2D eigenvalue weighted by Gasteiger charge is -2.33. The molecule has 1 aliphatic rings. The first kappa shape index (κ1) is 21.5. The fourth-order valence-electron chi connectivity index (χ4n) is 4.79. The Balaban J connectivity index is 1.73. The Morgan fingerprint density at radius 1 is 1.06 bits per heavy atom. The molecule has 0 unspecified atom stereocenters. The molecule has 1 aliphatic heterocycles. The van der Waals surface area contributed by atoms with E-state index in [0.717, 1.165) is 17.8 Å². The van der Waals surface area contributed by atoms with E-state index in [4.69, 9.17) is 16.6 Å². The summed E-state index contributed by atoms with van der Waals surface area (Å²) in [5.41, 5.74) is 4.31. The minimum atomic E-state index is -0.395. The standard InChI is InChI=1S/C25H26ClN5O2/c1-15-8-16(2)10-20(9-15)29-12-17(3)13-30-21-22(27-24(29)30)28(4)25(33)31(23(21)32)14-18-6-5-7-19(26)11-18/h5-11,17H,12-14H2,1-4H3/t17-/m0/s1. The molecular formula is C25H26ClN5O2. The van der Waals surface area contributed by atoms with Crippen LogP contribution in [0.15, 0.2) is 52.1 Å². The zero-order valence-corrected chi connectivity index (χ0v) is 19.9. The van der Waals surface area contributed by atoms with Crippen LogP contribution >= 0.6 is 11.6 Å². The molecule has 0 fully saturated rings. The fourth-order valence-corrected chi connectivity index (χ4v) is 5.00. The Labute approximate surface area is 196 Å². The van der Waals surface area contributed by atoms with Crippen LogP contribution in [0.2, 0.25) is 5.02 Å². The predicted octanol–water partition coefficient (Wildman–Crippen LogP) is 4.00. The van der Waals surface area contributed by atoms with Crippen molar-refractivity contribution in [3.63, 3.8) is 0 Å². The highest BCUT2D eigenvalue weighted by Crippen LogP contribution is 2.33. The SMILES string of the molecule is Cc1cc(C)cc(N2C[C@H](C)Cn3c2nc2c3c(=O)n(Cc3cccc(Cl)c3)c(=O)n2C)c1. The fraction of sp³-hybridized carbons (Fsp3) is 0.320. The van der Waals surface area contributed by atoms with Crippen molar-refractivity contribution < 1.29 is 0 Å². The Morgan fingerprint density at radius 2 is 1.79 bits per heavy atom. The van der Waals surface area contributed by atoms with Gasteiger partial charge in [0.05, 0.1) is 6.54 Å². The van der Waals surface area contributed by atoms with E-state index < -0.39 is 5.69 Å². The maximum Gasteiger partial charge on any atom is 0.332 e. The van der Waals surface area contributed by atoms with E-state index in [1.807, 2.05) is 16.7 Å². The number of nitrogens with zero attached hydrogens (tertiary/aromatic N) is 5. The molecule has 0 bridgehead atoms. The second-order valence-electron chi connectivity index (χ2n) is 9.12. The maximum absolute atomic E-state index is 13.6. The summed E-state index contributed by atoms with van der Waals surface area (Å²) in [7, 11) is 1.67. The van der Waals surface area contributed by atoms with E-state index in [1.165, 1.54) is 20.3 Å². The van der Waals surface area contributed by atoms with Crippen LogP contribution in [0.4, 0.5) is 11.6 Å². The summed E-state index contributed by atoms with van der Waals surface area (Å²) in [5.74, 6) is 0.995. The van der Waals surface area contributed by atoms with Gasteiger partial charge in [0.25, 0.3) is 5.56 Å². The molecule has 5 rings (SSSR count). The van der Waals surface area contributed by atoms with Crippen molar-refractivity contribution in [2.75, 3.05) is 11.4 Å². The van der Waals surface area contributed by atoms with Gasteiger partial charge in [0.2, 0.25) is 5.95 Å². The average Bonchev–Trinajstić information content (AvgIpc) is 3.13. The highest BCUT2D eigenvalue weighted by Gasteiger charge is 2.30. The zero-order valence-electron chi connectivity index (χ0n) is 19.2. The highest BCUT2D eigenvalue weighted by atomic mass is 35.5. The topological polar surface area (TPSA) is 65.1 Å². The molecule has 170 valence electrons. The molecule has 7 nitrogen and oxygen atoms in total. The molecule has 0 radical (unpaired) electrons. The molecule has 0 saturated carbocycles. The van der Waals surface area contributed by atoms with Gasteiger partial charge in [0, 0.05) is 30.8 Å².